The summed E-state index contributed by atoms with van der Waals surface area (Å²) in [6.45, 7) is 12.6. The number of amides is 2. The lowest BCUT2D eigenvalue weighted by atomic mass is 10.0. The molecule has 11 nitrogen and oxygen atoms in total. The molecule has 5 heterocycles. The van der Waals surface area contributed by atoms with Gasteiger partial charge in [0.05, 0.1) is 40.7 Å². The summed E-state index contributed by atoms with van der Waals surface area (Å²) in [6.07, 6.45) is 6.63. The number of H-pyrrole nitrogens is 2. The van der Waals surface area contributed by atoms with Gasteiger partial charge in [0, 0.05) is 30.4 Å². The van der Waals surface area contributed by atoms with Gasteiger partial charge in [0.25, 0.3) is 0 Å². The Balaban J connectivity index is 1.03. The molecule has 2 fully saturated rings. The first kappa shape index (κ1) is 33.3. The molecule has 2 amide bonds. The minimum Gasteiger partial charge on any atom is -0.444 e. The lowest BCUT2D eigenvalue weighted by Crippen LogP contribution is -2.36. The van der Waals surface area contributed by atoms with Crippen LogP contribution in [0.3, 0.4) is 0 Å². The molecule has 2 atom stereocenters. The van der Waals surface area contributed by atoms with E-state index in [2.05, 4.69) is 51.4 Å². The average molecular weight is 676 g/mol. The lowest BCUT2D eigenvalue weighted by molar-refractivity contribution is 0.0208. The summed E-state index contributed by atoms with van der Waals surface area (Å²) in [7, 11) is 0. The molecule has 0 spiro atoms. The third kappa shape index (κ3) is 7.08. The summed E-state index contributed by atoms with van der Waals surface area (Å²) in [5.74, 6) is 1.55. The quantitative estimate of drug-likeness (QED) is 0.190. The van der Waals surface area contributed by atoms with E-state index in [1.807, 2.05) is 72.1 Å². The number of nitrogens with one attached hydrogen (secondary N) is 2. The first-order chi connectivity index (χ1) is 23.8. The van der Waals surface area contributed by atoms with Gasteiger partial charge in [0.1, 0.15) is 22.9 Å². The maximum atomic E-state index is 12.9. The average Bonchev–Trinajstić information content (AvgIpc) is 3.88. The van der Waals surface area contributed by atoms with Crippen LogP contribution in [0.2, 0.25) is 0 Å². The van der Waals surface area contributed by atoms with Crippen molar-refractivity contribution in [2.45, 2.75) is 90.5 Å². The Kier molecular flexibility index (Phi) is 8.61. The Labute approximate surface area is 292 Å². The van der Waals surface area contributed by atoms with E-state index in [0.717, 1.165) is 82.0 Å². The van der Waals surface area contributed by atoms with Crippen molar-refractivity contribution in [2.24, 2.45) is 0 Å². The number of pyridine rings is 1. The second-order valence-corrected chi connectivity index (χ2v) is 15.2. The van der Waals surface area contributed by atoms with E-state index in [0.29, 0.717) is 13.1 Å². The van der Waals surface area contributed by atoms with E-state index in [1.54, 1.807) is 9.80 Å². The Hall–Kier alpha value is -5.19. The van der Waals surface area contributed by atoms with Gasteiger partial charge in [-0.05, 0) is 96.6 Å². The minimum absolute atomic E-state index is 0.125. The summed E-state index contributed by atoms with van der Waals surface area (Å²) >= 11 is 0. The van der Waals surface area contributed by atoms with Crippen LogP contribution in [-0.4, -0.2) is 71.2 Å². The van der Waals surface area contributed by atoms with Crippen molar-refractivity contribution in [1.29, 1.82) is 0 Å². The standard InChI is InChI=1S/C39H45N7O4/c1-38(2,3)49-36(47)45-19-7-9-32(45)34-41-23-31(44-34)25-13-11-24(12-14-25)27-16-17-28(40-22-27)26-15-18-29-30(21-26)43-35(42-29)33-10-8-20-46(33)37(48)50-39(4,5)6/h11-18,21-23,32-33H,7-10,19-20H2,1-6H3,(H,41,44)(H,42,43)/t32-,33-/m0/s1. The number of hydrogen-bond donors (Lipinski definition) is 2. The van der Waals surface area contributed by atoms with Gasteiger partial charge in [0.2, 0.25) is 0 Å². The van der Waals surface area contributed by atoms with Crippen molar-refractivity contribution in [1.82, 2.24) is 34.7 Å². The van der Waals surface area contributed by atoms with E-state index in [9.17, 15) is 9.59 Å². The van der Waals surface area contributed by atoms with Gasteiger partial charge in [0.15, 0.2) is 0 Å². The van der Waals surface area contributed by atoms with Crippen LogP contribution in [0.5, 0.6) is 0 Å². The molecule has 0 radical (unpaired) electrons. The number of imidazole rings is 2. The van der Waals surface area contributed by atoms with Crippen LogP contribution in [-0.2, 0) is 9.47 Å². The third-order valence-corrected chi connectivity index (χ3v) is 9.08. The van der Waals surface area contributed by atoms with Gasteiger partial charge in [-0.2, -0.15) is 0 Å². The maximum Gasteiger partial charge on any atom is 0.410 e. The van der Waals surface area contributed by atoms with Crippen molar-refractivity contribution in [3.8, 4) is 33.6 Å². The van der Waals surface area contributed by atoms with Crippen molar-refractivity contribution < 1.29 is 19.1 Å². The van der Waals surface area contributed by atoms with E-state index < -0.39 is 11.2 Å². The zero-order valence-corrected chi connectivity index (χ0v) is 29.6. The highest BCUT2D eigenvalue weighted by atomic mass is 16.6. The van der Waals surface area contributed by atoms with E-state index >= 15 is 0 Å². The van der Waals surface area contributed by atoms with Gasteiger partial charge >= 0.3 is 12.2 Å². The molecular formula is C39H45N7O4. The lowest BCUT2D eigenvalue weighted by Gasteiger charge is -2.27. The SMILES string of the molecule is CC(C)(C)OC(=O)N1CCC[C@H]1c1ncc(-c2ccc(-c3ccc(-c4ccc5nc([C@@H]6CCCN6C(=O)OC(C)(C)C)[nH]c5c4)nc3)cc2)[nH]1. The van der Waals surface area contributed by atoms with Gasteiger partial charge in [-0.1, -0.05) is 36.4 Å². The van der Waals surface area contributed by atoms with Gasteiger partial charge in [-0.3, -0.25) is 14.8 Å². The largest absolute Gasteiger partial charge is 0.444 e. The number of likely N-dealkylation sites (tertiary alicyclic amines) is 2. The highest BCUT2D eigenvalue weighted by molar-refractivity contribution is 5.82. The fraction of sp³-hybridized carbons (Fsp3) is 0.410. The number of benzene rings is 2. The van der Waals surface area contributed by atoms with Crippen LogP contribution < -0.4 is 0 Å². The molecule has 7 rings (SSSR count). The number of carbonyl (C=O) groups excluding carboxylic acids is 2. The van der Waals surface area contributed by atoms with E-state index in [1.165, 1.54) is 0 Å². The Morgan fingerprint density at radius 2 is 1.26 bits per heavy atom. The molecular weight excluding hydrogens is 630 g/mol. The first-order valence-electron chi connectivity index (χ1n) is 17.4. The zero-order valence-electron chi connectivity index (χ0n) is 29.6. The number of hydrogen-bond acceptors (Lipinski definition) is 7. The number of aromatic nitrogens is 5. The smallest absolute Gasteiger partial charge is 0.410 e. The number of aromatic amines is 2. The molecule has 11 heteroatoms. The molecule has 0 bridgehead atoms. The second kappa shape index (κ2) is 12.9. The fourth-order valence-electron chi connectivity index (χ4n) is 6.76. The zero-order chi connectivity index (χ0) is 35.2. The highest BCUT2D eigenvalue weighted by Gasteiger charge is 2.36. The minimum atomic E-state index is -0.547. The van der Waals surface area contributed by atoms with Crippen LogP contribution in [0, 0.1) is 0 Å². The van der Waals surface area contributed by atoms with Crippen LogP contribution in [0.15, 0.2) is 67.0 Å². The molecule has 2 aromatic carbocycles. The Bertz CT molecular complexity index is 2000. The first-order valence-corrected chi connectivity index (χ1v) is 17.4. The normalized spacial score (nSPS) is 18.2. The topological polar surface area (TPSA) is 129 Å². The number of ether oxygens (including phenoxy) is 2. The Morgan fingerprint density at radius 1 is 0.680 bits per heavy atom. The molecule has 0 aliphatic carbocycles. The molecule has 2 N–H and O–H groups in total. The molecule has 50 heavy (non-hydrogen) atoms. The van der Waals surface area contributed by atoms with Crippen LogP contribution in [0.25, 0.3) is 44.7 Å². The number of nitrogens with zero attached hydrogens (tertiary/aromatic N) is 5. The molecule has 0 saturated carbocycles. The predicted octanol–water partition coefficient (Wildman–Crippen LogP) is 8.83. The molecule has 2 aliphatic heterocycles. The summed E-state index contributed by atoms with van der Waals surface area (Å²) in [5, 5.41) is 0. The molecule has 5 aromatic rings. The number of fused-ring (bicyclic) bond motifs is 1. The maximum absolute atomic E-state index is 12.9. The monoisotopic (exact) mass is 675 g/mol. The van der Waals surface area contributed by atoms with Crippen LogP contribution >= 0.6 is 0 Å². The molecule has 2 aliphatic rings. The highest BCUT2D eigenvalue weighted by Crippen LogP contribution is 2.35. The van der Waals surface area contributed by atoms with Crippen molar-refractivity contribution >= 4 is 23.2 Å². The number of carbonyl (C=O) groups is 2. The van der Waals surface area contributed by atoms with Crippen LogP contribution in [0.4, 0.5) is 9.59 Å². The Morgan fingerprint density at radius 3 is 1.86 bits per heavy atom. The van der Waals surface area contributed by atoms with E-state index in [4.69, 9.17) is 19.4 Å². The molecule has 3 aromatic heterocycles. The third-order valence-electron chi connectivity index (χ3n) is 9.08. The van der Waals surface area contributed by atoms with Gasteiger partial charge < -0.3 is 19.4 Å². The number of rotatable bonds is 5. The van der Waals surface area contributed by atoms with Gasteiger partial charge in [-0.15, -0.1) is 0 Å². The van der Waals surface area contributed by atoms with Crippen molar-refractivity contribution in [3.63, 3.8) is 0 Å². The van der Waals surface area contributed by atoms with Gasteiger partial charge in [-0.25, -0.2) is 19.6 Å². The fourth-order valence-corrected chi connectivity index (χ4v) is 6.76. The second-order valence-electron chi connectivity index (χ2n) is 15.2. The summed E-state index contributed by atoms with van der Waals surface area (Å²) in [6, 6.07) is 18.2. The molecule has 2 saturated heterocycles. The van der Waals surface area contributed by atoms with E-state index in [-0.39, 0.29) is 24.3 Å². The summed E-state index contributed by atoms with van der Waals surface area (Å²) < 4.78 is 11.3. The molecule has 260 valence electrons. The van der Waals surface area contributed by atoms with Crippen molar-refractivity contribution in [2.75, 3.05) is 13.1 Å². The van der Waals surface area contributed by atoms with Crippen LogP contribution in [0.1, 0.15) is 91.0 Å². The predicted molar refractivity (Wildman–Crippen MR) is 192 cm³/mol. The summed E-state index contributed by atoms with van der Waals surface area (Å²) in [5.41, 5.74) is 6.49. The summed E-state index contributed by atoms with van der Waals surface area (Å²) in [4.78, 5) is 50.4. The molecule has 0 unspecified atom stereocenters. The van der Waals surface area contributed by atoms with Crippen molar-refractivity contribution in [3.05, 3.63) is 78.6 Å².